The second-order valence-electron chi connectivity index (χ2n) is 11.6. The molecule has 0 radical (unpaired) electrons. The molecule has 1 saturated carbocycles. The van der Waals surface area contributed by atoms with Crippen LogP contribution in [0.25, 0.3) is 22.3 Å². The highest BCUT2D eigenvalue weighted by atomic mass is 35.5. The van der Waals surface area contributed by atoms with E-state index in [0.29, 0.717) is 28.9 Å². The van der Waals surface area contributed by atoms with Crippen LogP contribution in [0.2, 0.25) is 5.02 Å². The highest BCUT2D eigenvalue weighted by Crippen LogP contribution is 2.38. The molecule has 6 rings (SSSR count). The molecule has 1 aliphatic carbocycles. The highest BCUT2D eigenvalue weighted by molar-refractivity contribution is 6.30. The summed E-state index contributed by atoms with van der Waals surface area (Å²) in [7, 11) is 1.86. The van der Waals surface area contributed by atoms with Gasteiger partial charge in [-0.15, -0.1) is 5.48 Å². The van der Waals surface area contributed by atoms with Gasteiger partial charge in [0.15, 0.2) is 6.17 Å². The molecule has 12 heteroatoms. The average Bonchev–Trinajstić information content (AvgIpc) is 3.71. The van der Waals surface area contributed by atoms with Gasteiger partial charge in [0.05, 0.1) is 27.4 Å². The van der Waals surface area contributed by atoms with Gasteiger partial charge in [-0.1, -0.05) is 31.4 Å². The van der Waals surface area contributed by atoms with E-state index in [2.05, 4.69) is 32.2 Å². The van der Waals surface area contributed by atoms with E-state index in [9.17, 15) is 9.59 Å². The third-order valence-electron chi connectivity index (χ3n) is 8.75. The maximum atomic E-state index is 13.4. The van der Waals surface area contributed by atoms with Crippen LogP contribution in [0.4, 0.5) is 10.7 Å². The van der Waals surface area contributed by atoms with Gasteiger partial charge in [-0.05, 0) is 56.6 Å². The van der Waals surface area contributed by atoms with Crippen molar-refractivity contribution in [2.24, 2.45) is 11.8 Å². The number of amides is 2. The van der Waals surface area contributed by atoms with Crippen LogP contribution in [0.5, 0.6) is 0 Å². The smallest absolute Gasteiger partial charge is 0.351 e. The summed E-state index contributed by atoms with van der Waals surface area (Å²) in [5.74, 6) is 2.13. The van der Waals surface area contributed by atoms with E-state index in [-0.39, 0.29) is 11.9 Å². The lowest BCUT2D eigenvalue weighted by molar-refractivity contribution is -0.130. The van der Waals surface area contributed by atoms with Gasteiger partial charge in [0.1, 0.15) is 6.04 Å². The number of hydroxylamine groups is 1. The number of halogens is 1. The quantitative estimate of drug-likeness (QED) is 0.414. The molecule has 0 aromatic carbocycles. The van der Waals surface area contributed by atoms with Gasteiger partial charge in [-0.25, -0.2) is 14.8 Å². The maximum absolute atomic E-state index is 13.4. The van der Waals surface area contributed by atoms with Crippen molar-refractivity contribution in [2.45, 2.75) is 71.1 Å². The molecule has 3 aliphatic rings. The van der Waals surface area contributed by atoms with E-state index in [1.165, 1.54) is 12.8 Å². The molecule has 2 atom stereocenters. The minimum Gasteiger partial charge on any atom is -0.351 e. The molecule has 2 aliphatic heterocycles. The standard InChI is InChI=1S/C29H37ClN8O3/c1-4-36(3)27(39)23-6-5-11-37(23)28-33-21-13-22(26-34-29(40)41-35-26)32-24(19-12-20(30)15-31-14-19)25(21)38(28)16-18-9-7-17(2)8-10-18/h12-15,17-18,23,26,35H,4-11,16H2,1-3H3,(H,34,40)/t17?,18?,23-,26?/m1/s1. The summed E-state index contributed by atoms with van der Waals surface area (Å²) in [6, 6.07) is 3.46. The zero-order chi connectivity index (χ0) is 28.7. The molecule has 2 N–H and O–H groups in total. The number of nitrogens with zero attached hydrogens (tertiary/aromatic N) is 6. The Labute approximate surface area is 244 Å². The monoisotopic (exact) mass is 580 g/mol. The van der Waals surface area contributed by atoms with E-state index in [1.807, 2.05) is 26.1 Å². The lowest BCUT2D eigenvalue weighted by Gasteiger charge is -2.31. The number of carbonyl (C=O) groups is 2. The number of hydrogen-bond acceptors (Lipinski definition) is 8. The van der Waals surface area contributed by atoms with Crippen molar-refractivity contribution in [3.8, 4) is 11.3 Å². The van der Waals surface area contributed by atoms with Crippen LogP contribution < -0.4 is 15.7 Å². The lowest BCUT2D eigenvalue weighted by Crippen LogP contribution is -2.45. The van der Waals surface area contributed by atoms with Gasteiger partial charge in [-0.2, -0.15) is 0 Å². The molecule has 41 heavy (non-hydrogen) atoms. The first-order valence-corrected chi connectivity index (χ1v) is 15.0. The third-order valence-corrected chi connectivity index (χ3v) is 8.96. The van der Waals surface area contributed by atoms with Crippen molar-refractivity contribution in [1.29, 1.82) is 0 Å². The zero-order valence-corrected chi connectivity index (χ0v) is 24.5. The van der Waals surface area contributed by atoms with E-state index < -0.39 is 12.3 Å². The topological polar surface area (TPSA) is 118 Å². The normalized spacial score (nSPS) is 24.5. The fraction of sp³-hybridized carbons (Fsp3) is 0.552. The predicted molar refractivity (Wildman–Crippen MR) is 156 cm³/mol. The molecule has 0 spiro atoms. The van der Waals surface area contributed by atoms with E-state index in [1.54, 1.807) is 17.3 Å². The largest absolute Gasteiger partial charge is 0.427 e. The second-order valence-corrected chi connectivity index (χ2v) is 12.0. The number of nitrogens with one attached hydrogen (secondary N) is 2. The van der Waals surface area contributed by atoms with Crippen molar-refractivity contribution in [3.63, 3.8) is 0 Å². The fourth-order valence-corrected chi connectivity index (χ4v) is 6.49. The Kier molecular flexibility index (Phi) is 7.74. The summed E-state index contributed by atoms with van der Waals surface area (Å²) in [6.07, 6.45) is 8.55. The molecule has 218 valence electrons. The number of hydrogen-bond donors (Lipinski definition) is 2. The van der Waals surface area contributed by atoms with Crippen molar-refractivity contribution in [1.82, 2.24) is 35.2 Å². The average molecular weight is 581 g/mol. The van der Waals surface area contributed by atoms with Crippen molar-refractivity contribution >= 4 is 40.6 Å². The number of carbonyl (C=O) groups excluding carboxylic acids is 2. The zero-order valence-electron chi connectivity index (χ0n) is 23.8. The molecular formula is C29H37ClN8O3. The highest BCUT2D eigenvalue weighted by Gasteiger charge is 2.37. The van der Waals surface area contributed by atoms with Crippen molar-refractivity contribution in [3.05, 3.63) is 35.2 Å². The molecule has 5 heterocycles. The van der Waals surface area contributed by atoms with Gasteiger partial charge in [0.2, 0.25) is 11.9 Å². The van der Waals surface area contributed by atoms with Crippen LogP contribution in [-0.4, -0.2) is 62.6 Å². The van der Waals surface area contributed by atoms with Gasteiger partial charge in [0.25, 0.3) is 0 Å². The SMILES string of the molecule is CCN(C)C(=O)[C@H]1CCCN1c1nc2cc(C3NOC(=O)N3)nc(-c3cncc(Cl)c3)c2n1CC1CCC(C)CC1. The fourth-order valence-electron chi connectivity index (χ4n) is 6.31. The Hall–Kier alpha value is -3.44. The molecule has 11 nitrogen and oxygen atoms in total. The summed E-state index contributed by atoms with van der Waals surface area (Å²) in [5, 5.41) is 3.24. The van der Waals surface area contributed by atoms with E-state index in [4.69, 9.17) is 26.4 Å². The molecular weight excluding hydrogens is 544 g/mol. The first-order valence-electron chi connectivity index (χ1n) is 14.6. The molecule has 0 bridgehead atoms. The number of likely N-dealkylation sites (N-methyl/N-ethyl adjacent to an activating group) is 1. The van der Waals surface area contributed by atoms with Gasteiger partial charge < -0.3 is 19.2 Å². The summed E-state index contributed by atoms with van der Waals surface area (Å²) >= 11 is 6.39. The van der Waals surface area contributed by atoms with Crippen molar-refractivity contribution in [2.75, 3.05) is 25.0 Å². The minimum absolute atomic E-state index is 0.114. The lowest BCUT2D eigenvalue weighted by atomic mass is 9.83. The number of fused-ring (bicyclic) bond motifs is 1. The summed E-state index contributed by atoms with van der Waals surface area (Å²) < 4.78 is 2.28. The molecule has 2 amide bonds. The van der Waals surface area contributed by atoms with Gasteiger partial charge in [0, 0.05) is 44.6 Å². The number of aromatic nitrogens is 4. The molecule has 3 fully saturated rings. The number of rotatable bonds is 7. The first-order chi connectivity index (χ1) is 19.8. The molecule has 1 unspecified atom stereocenters. The molecule has 2 saturated heterocycles. The Balaban J connectivity index is 1.53. The third kappa shape index (κ3) is 5.44. The minimum atomic E-state index is -0.634. The summed E-state index contributed by atoms with van der Waals surface area (Å²) in [4.78, 5) is 48.7. The van der Waals surface area contributed by atoms with Gasteiger partial charge in [-0.3, -0.25) is 15.1 Å². The summed E-state index contributed by atoms with van der Waals surface area (Å²) in [5.41, 5.74) is 6.29. The number of anilines is 1. The van der Waals surface area contributed by atoms with E-state index in [0.717, 1.165) is 67.2 Å². The number of imidazole rings is 1. The predicted octanol–water partition coefficient (Wildman–Crippen LogP) is 4.66. The first kappa shape index (κ1) is 27.7. The second kappa shape index (κ2) is 11.4. The van der Waals surface area contributed by atoms with Crippen LogP contribution in [0.3, 0.4) is 0 Å². The van der Waals surface area contributed by atoms with Crippen LogP contribution >= 0.6 is 11.6 Å². The van der Waals surface area contributed by atoms with Crippen LogP contribution in [0, 0.1) is 11.8 Å². The Morgan fingerprint density at radius 2 is 1.98 bits per heavy atom. The number of pyridine rings is 2. The van der Waals surface area contributed by atoms with E-state index >= 15 is 0 Å². The summed E-state index contributed by atoms with van der Waals surface area (Å²) in [6.45, 7) is 6.51. The molecule has 3 aromatic heterocycles. The van der Waals surface area contributed by atoms with Crippen LogP contribution in [0.15, 0.2) is 24.5 Å². The van der Waals surface area contributed by atoms with Gasteiger partial charge >= 0.3 is 6.09 Å². The molecule has 3 aromatic rings. The Morgan fingerprint density at radius 3 is 2.68 bits per heavy atom. The van der Waals surface area contributed by atoms with Crippen LogP contribution in [-0.2, 0) is 16.2 Å². The van der Waals surface area contributed by atoms with Crippen LogP contribution in [0.1, 0.15) is 64.2 Å². The van der Waals surface area contributed by atoms with Crippen molar-refractivity contribution < 1.29 is 14.4 Å². The Morgan fingerprint density at radius 1 is 1.17 bits per heavy atom. The Bertz CT molecular complexity index is 1450. The maximum Gasteiger partial charge on any atom is 0.427 e.